The van der Waals surface area contributed by atoms with Crippen molar-refractivity contribution in [1.82, 2.24) is 10.2 Å². The first-order chi connectivity index (χ1) is 13.2. The van der Waals surface area contributed by atoms with Crippen LogP contribution in [0.25, 0.3) is 11.5 Å². The van der Waals surface area contributed by atoms with Gasteiger partial charge < -0.3 is 9.32 Å². The molecule has 0 atom stereocenters. The molecule has 0 N–H and O–H groups in total. The fraction of sp³-hybridized carbons (Fsp3) is 0.118. The van der Waals surface area contributed by atoms with E-state index in [0.29, 0.717) is 0 Å². The second kappa shape index (κ2) is 7.33. The van der Waals surface area contributed by atoms with Crippen molar-refractivity contribution < 1.29 is 35.6 Å². The van der Waals surface area contributed by atoms with Crippen LogP contribution < -0.4 is 4.90 Å². The first kappa shape index (κ1) is 19.4. The molecule has 2 aromatic carbocycles. The molecule has 11 heteroatoms. The molecule has 3 rings (SSSR count). The maximum absolute atomic E-state index is 14.3. The first-order valence-electron chi connectivity index (χ1n) is 7.56. The highest BCUT2D eigenvalue weighted by Gasteiger charge is 2.38. The average Bonchev–Trinajstić information content (AvgIpc) is 3.14. The summed E-state index contributed by atoms with van der Waals surface area (Å²) in [5, 5.41) is 6.05. The smallest absolute Gasteiger partial charge is 0.413 e. The molecule has 5 nitrogen and oxygen atoms in total. The number of aromatic nitrogens is 2. The summed E-state index contributed by atoms with van der Waals surface area (Å²) >= 11 is 0. The van der Waals surface area contributed by atoms with Gasteiger partial charge in [-0.15, -0.1) is 10.2 Å². The van der Waals surface area contributed by atoms with Gasteiger partial charge in [-0.05, 0) is 24.3 Å². The van der Waals surface area contributed by atoms with Crippen molar-refractivity contribution >= 4 is 12.1 Å². The Morgan fingerprint density at radius 3 is 2.39 bits per heavy atom. The number of alkyl halides is 3. The molecule has 0 radical (unpaired) electrons. The molecule has 0 spiro atoms. The molecule has 1 heterocycles. The van der Waals surface area contributed by atoms with E-state index in [1.807, 2.05) is 0 Å². The molecule has 0 saturated heterocycles. The number of anilines is 1. The Morgan fingerprint density at radius 1 is 1.04 bits per heavy atom. The van der Waals surface area contributed by atoms with Crippen LogP contribution in [0.5, 0.6) is 0 Å². The van der Waals surface area contributed by atoms with Crippen LogP contribution in [0.1, 0.15) is 11.5 Å². The molecule has 3 aromatic rings. The average molecular weight is 401 g/mol. The van der Waals surface area contributed by atoms with E-state index in [4.69, 9.17) is 0 Å². The number of rotatable bonds is 5. The van der Waals surface area contributed by atoms with Crippen LogP contribution in [-0.4, -0.2) is 16.6 Å². The first-order valence-corrected chi connectivity index (χ1v) is 7.56. The van der Waals surface area contributed by atoms with Crippen molar-refractivity contribution in [2.45, 2.75) is 12.7 Å². The normalized spacial score (nSPS) is 11.5. The minimum atomic E-state index is -4.84. The number of carbonyl (C=O) groups is 1. The summed E-state index contributed by atoms with van der Waals surface area (Å²) in [6, 6.07) is 6.34. The molecule has 0 unspecified atom stereocenters. The van der Waals surface area contributed by atoms with E-state index < -0.39 is 47.6 Å². The van der Waals surface area contributed by atoms with Crippen LogP contribution in [0.3, 0.4) is 0 Å². The molecule has 1 aromatic heterocycles. The van der Waals surface area contributed by atoms with E-state index >= 15 is 0 Å². The van der Waals surface area contributed by atoms with Gasteiger partial charge in [-0.2, -0.15) is 13.2 Å². The van der Waals surface area contributed by atoms with E-state index in [-0.39, 0.29) is 17.5 Å². The quantitative estimate of drug-likeness (QED) is 0.472. The second-order valence-electron chi connectivity index (χ2n) is 5.52. The van der Waals surface area contributed by atoms with Gasteiger partial charge in [0.15, 0.2) is 11.6 Å². The zero-order valence-corrected chi connectivity index (χ0v) is 13.7. The number of halogens is 6. The summed E-state index contributed by atoms with van der Waals surface area (Å²) in [6.07, 6.45) is -4.65. The number of nitrogens with zero attached hydrogens (tertiary/aromatic N) is 3. The highest BCUT2D eigenvalue weighted by molar-refractivity contribution is 5.75. The van der Waals surface area contributed by atoms with Crippen LogP contribution >= 0.6 is 0 Å². The number of hydrogen-bond donors (Lipinski definition) is 0. The Kier molecular flexibility index (Phi) is 5.08. The Bertz CT molecular complexity index is 1020. The standard InChI is InChI=1S/C17H9F6N3O2/c18-11-2-1-3-13(14(11)20)26(8-27)7-10-5-4-9(6-12(10)19)15-24-25-16(28-15)17(21,22)23/h1-6,8H,7H2. The third-order valence-electron chi connectivity index (χ3n) is 3.68. The lowest BCUT2D eigenvalue weighted by Crippen LogP contribution is -2.22. The molecule has 146 valence electrons. The van der Waals surface area contributed by atoms with E-state index in [1.165, 1.54) is 12.1 Å². The molecule has 0 bridgehead atoms. The molecular formula is C17H9F6N3O2. The lowest BCUT2D eigenvalue weighted by Gasteiger charge is -2.19. The molecule has 0 aliphatic heterocycles. The Balaban J connectivity index is 1.87. The van der Waals surface area contributed by atoms with Gasteiger partial charge in [-0.3, -0.25) is 4.79 Å². The lowest BCUT2D eigenvalue weighted by molar-refractivity contribution is -0.156. The van der Waals surface area contributed by atoms with Gasteiger partial charge in [0.1, 0.15) is 5.82 Å². The number of amides is 1. The number of hydrogen-bond acceptors (Lipinski definition) is 4. The third kappa shape index (κ3) is 3.82. The molecule has 0 fully saturated rings. The van der Waals surface area contributed by atoms with Gasteiger partial charge >= 0.3 is 12.1 Å². The van der Waals surface area contributed by atoms with Gasteiger partial charge in [0.25, 0.3) is 0 Å². The van der Waals surface area contributed by atoms with Crippen LogP contribution in [0, 0.1) is 17.5 Å². The fourth-order valence-electron chi connectivity index (χ4n) is 2.34. The number of benzene rings is 2. The second-order valence-corrected chi connectivity index (χ2v) is 5.52. The van der Waals surface area contributed by atoms with Crippen molar-refractivity contribution in [2.75, 3.05) is 4.90 Å². The zero-order valence-electron chi connectivity index (χ0n) is 13.7. The predicted molar refractivity (Wildman–Crippen MR) is 83.3 cm³/mol. The van der Waals surface area contributed by atoms with Crippen molar-refractivity contribution in [3.05, 3.63) is 65.3 Å². The SMILES string of the molecule is O=CN(Cc1ccc(-c2nnc(C(F)(F)F)o2)cc1F)c1cccc(F)c1F. The van der Waals surface area contributed by atoms with Gasteiger partial charge in [0.05, 0.1) is 12.2 Å². The van der Waals surface area contributed by atoms with Gasteiger partial charge in [0.2, 0.25) is 12.3 Å². The van der Waals surface area contributed by atoms with Gasteiger partial charge in [-0.1, -0.05) is 12.1 Å². The Hall–Kier alpha value is -3.37. The summed E-state index contributed by atoms with van der Waals surface area (Å²) in [6.45, 7) is -0.451. The monoisotopic (exact) mass is 401 g/mol. The molecular weight excluding hydrogens is 392 g/mol. The van der Waals surface area contributed by atoms with Crippen molar-refractivity contribution in [2.24, 2.45) is 0 Å². The third-order valence-corrected chi connectivity index (χ3v) is 3.68. The van der Waals surface area contributed by atoms with Crippen LogP contribution in [0.15, 0.2) is 40.8 Å². The van der Waals surface area contributed by atoms with Crippen LogP contribution in [-0.2, 0) is 17.5 Å². The summed E-state index contributed by atoms with van der Waals surface area (Å²) in [4.78, 5) is 12.0. The maximum Gasteiger partial charge on any atom is 0.470 e. The fourth-order valence-corrected chi connectivity index (χ4v) is 2.34. The molecule has 0 saturated carbocycles. The van der Waals surface area contributed by atoms with Crippen molar-refractivity contribution in [1.29, 1.82) is 0 Å². The molecule has 0 aliphatic rings. The maximum atomic E-state index is 14.3. The van der Waals surface area contributed by atoms with Gasteiger partial charge in [0, 0.05) is 11.1 Å². The van der Waals surface area contributed by atoms with Crippen molar-refractivity contribution in [3.8, 4) is 11.5 Å². The van der Waals surface area contributed by atoms with Crippen LogP contribution in [0.2, 0.25) is 0 Å². The summed E-state index contributed by atoms with van der Waals surface area (Å²) in [5.41, 5.74) is -0.626. The minimum absolute atomic E-state index is 0.102. The van der Waals surface area contributed by atoms with Crippen molar-refractivity contribution in [3.63, 3.8) is 0 Å². The summed E-state index contributed by atoms with van der Waals surface area (Å²) in [7, 11) is 0. The summed E-state index contributed by atoms with van der Waals surface area (Å²) in [5.74, 6) is -5.52. The van der Waals surface area contributed by atoms with E-state index in [9.17, 15) is 31.1 Å². The predicted octanol–water partition coefficient (Wildman–Crippen LogP) is 4.34. The Labute approximate surface area is 153 Å². The Morgan fingerprint density at radius 2 is 1.79 bits per heavy atom. The molecule has 0 aliphatic carbocycles. The highest BCUT2D eigenvalue weighted by atomic mass is 19.4. The topological polar surface area (TPSA) is 59.2 Å². The zero-order chi connectivity index (χ0) is 20.5. The summed E-state index contributed by atoms with van der Waals surface area (Å²) < 4.78 is 83.5. The minimum Gasteiger partial charge on any atom is -0.413 e. The number of carbonyl (C=O) groups excluding carboxylic acids is 1. The van der Waals surface area contributed by atoms with Crippen LogP contribution in [0.4, 0.5) is 32.0 Å². The largest absolute Gasteiger partial charge is 0.470 e. The van der Waals surface area contributed by atoms with E-state index in [1.54, 1.807) is 0 Å². The van der Waals surface area contributed by atoms with Gasteiger partial charge in [-0.25, -0.2) is 13.2 Å². The molecule has 1 amide bonds. The van der Waals surface area contributed by atoms with E-state index in [2.05, 4.69) is 14.6 Å². The molecule has 28 heavy (non-hydrogen) atoms. The lowest BCUT2D eigenvalue weighted by atomic mass is 10.1. The van der Waals surface area contributed by atoms with E-state index in [0.717, 1.165) is 29.2 Å². The highest BCUT2D eigenvalue weighted by Crippen LogP contribution is 2.31.